The summed E-state index contributed by atoms with van der Waals surface area (Å²) in [7, 11) is 0. The van der Waals surface area contributed by atoms with Crippen molar-refractivity contribution in [1.82, 2.24) is 30.0 Å². The van der Waals surface area contributed by atoms with E-state index in [-0.39, 0.29) is 5.91 Å². The number of anilines is 2. The zero-order chi connectivity index (χ0) is 22.6. The van der Waals surface area contributed by atoms with Crippen molar-refractivity contribution in [2.45, 2.75) is 13.5 Å². The summed E-state index contributed by atoms with van der Waals surface area (Å²) in [4.78, 5) is 25.5. The zero-order valence-electron chi connectivity index (χ0n) is 17.9. The van der Waals surface area contributed by atoms with E-state index >= 15 is 0 Å². The number of aromatic nitrogens is 5. The SMILES string of the molecule is Cc1ccc(C(=O)NCc2ccncc2)cc1Nc1ncnc2c1cnn2-c1ccccc1. The molecule has 2 N–H and O–H groups in total. The summed E-state index contributed by atoms with van der Waals surface area (Å²) in [6.45, 7) is 2.41. The summed E-state index contributed by atoms with van der Waals surface area (Å²) in [5, 5.41) is 11.6. The molecule has 5 rings (SSSR count). The fourth-order valence-electron chi connectivity index (χ4n) is 3.51. The van der Waals surface area contributed by atoms with Crippen molar-refractivity contribution in [2.24, 2.45) is 0 Å². The van der Waals surface area contributed by atoms with Crippen LogP contribution in [0.25, 0.3) is 16.7 Å². The van der Waals surface area contributed by atoms with E-state index < -0.39 is 0 Å². The fourth-order valence-corrected chi connectivity index (χ4v) is 3.51. The van der Waals surface area contributed by atoms with Crippen molar-refractivity contribution in [3.05, 3.63) is 102 Å². The summed E-state index contributed by atoms with van der Waals surface area (Å²) < 4.78 is 1.78. The monoisotopic (exact) mass is 435 g/mol. The Morgan fingerprint density at radius 2 is 1.82 bits per heavy atom. The second-order valence-electron chi connectivity index (χ2n) is 7.54. The Bertz CT molecular complexity index is 1420. The molecule has 162 valence electrons. The summed E-state index contributed by atoms with van der Waals surface area (Å²) in [6, 6.07) is 19.1. The lowest BCUT2D eigenvalue weighted by atomic mass is 10.1. The standard InChI is InChI=1S/C25H21N7O/c1-17-7-8-19(25(33)27-14-18-9-11-26-12-10-18)13-22(17)31-23-21-15-30-32(24(21)29-16-28-23)20-5-3-2-4-6-20/h2-13,15-16H,14H2,1H3,(H,27,33)(H,28,29,31). The number of para-hydroxylation sites is 1. The number of carbonyl (C=O) groups is 1. The van der Waals surface area contributed by atoms with Gasteiger partial charge in [-0.25, -0.2) is 14.6 Å². The van der Waals surface area contributed by atoms with Crippen LogP contribution in [0.1, 0.15) is 21.5 Å². The van der Waals surface area contributed by atoms with Crippen molar-refractivity contribution in [1.29, 1.82) is 0 Å². The maximum atomic E-state index is 12.7. The van der Waals surface area contributed by atoms with Gasteiger partial charge in [0.05, 0.1) is 17.3 Å². The van der Waals surface area contributed by atoms with Gasteiger partial charge in [-0.3, -0.25) is 9.78 Å². The molecule has 33 heavy (non-hydrogen) atoms. The molecule has 0 aliphatic heterocycles. The van der Waals surface area contributed by atoms with Gasteiger partial charge in [0.1, 0.15) is 12.1 Å². The number of amides is 1. The Morgan fingerprint density at radius 3 is 2.64 bits per heavy atom. The Labute approximate surface area is 190 Å². The van der Waals surface area contributed by atoms with Crippen molar-refractivity contribution in [3.8, 4) is 5.69 Å². The number of hydrogen-bond acceptors (Lipinski definition) is 6. The molecule has 0 spiro atoms. The lowest BCUT2D eigenvalue weighted by Crippen LogP contribution is -2.22. The molecule has 8 heteroatoms. The maximum absolute atomic E-state index is 12.7. The van der Waals surface area contributed by atoms with Gasteiger partial charge in [-0.15, -0.1) is 0 Å². The van der Waals surface area contributed by atoms with Crippen molar-refractivity contribution in [3.63, 3.8) is 0 Å². The van der Waals surface area contributed by atoms with Crippen LogP contribution >= 0.6 is 0 Å². The molecule has 0 saturated carbocycles. The van der Waals surface area contributed by atoms with Gasteiger partial charge in [0, 0.05) is 30.2 Å². The third-order valence-corrected chi connectivity index (χ3v) is 5.32. The first-order valence-electron chi connectivity index (χ1n) is 10.5. The lowest BCUT2D eigenvalue weighted by molar-refractivity contribution is 0.0951. The molecule has 0 fully saturated rings. The number of benzene rings is 2. The molecule has 3 aromatic heterocycles. The number of rotatable bonds is 6. The van der Waals surface area contributed by atoms with Gasteiger partial charge < -0.3 is 10.6 Å². The van der Waals surface area contributed by atoms with Crippen LogP contribution in [0, 0.1) is 6.92 Å². The van der Waals surface area contributed by atoms with E-state index in [2.05, 4.69) is 30.7 Å². The first-order chi connectivity index (χ1) is 16.2. The molecular formula is C25H21N7O. The summed E-state index contributed by atoms with van der Waals surface area (Å²) in [5.41, 5.74) is 4.94. The minimum atomic E-state index is -0.153. The third kappa shape index (κ3) is 4.27. The van der Waals surface area contributed by atoms with E-state index in [1.165, 1.54) is 6.33 Å². The molecule has 2 aromatic carbocycles. The number of nitrogens with one attached hydrogen (secondary N) is 2. The number of carbonyl (C=O) groups excluding carboxylic acids is 1. The Kier molecular flexibility index (Phi) is 5.47. The highest BCUT2D eigenvalue weighted by Gasteiger charge is 2.13. The number of aryl methyl sites for hydroxylation is 1. The molecule has 0 bridgehead atoms. The van der Waals surface area contributed by atoms with E-state index in [0.717, 1.165) is 27.9 Å². The maximum Gasteiger partial charge on any atom is 0.251 e. The smallest absolute Gasteiger partial charge is 0.251 e. The number of pyridine rings is 1. The van der Waals surface area contributed by atoms with Crippen molar-refractivity contribution in [2.75, 3.05) is 5.32 Å². The van der Waals surface area contributed by atoms with Gasteiger partial charge in [0.25, 0.3) is 5.91 Å². The predicted octanol–water partition coefficient (Wildman–Crippen LogP) is 4.19. The van der Waals surface area contributed by atoms with E-state index in [1.807, 2.05) is 67.6 Å². The summed E-state index contributed by atoms with van der Waals surface area (Å²) in [6.07, 6.45) is 6.66. The predicted molar refractivity (Wildman–Crippen MR) is 127 cm³/mol. The minimum Gasteiger partial charge on any atom is -0.348 e. The highest BCUT2D eigenvalue weighted by atomic mass is 16.1. The van der Waals surface area contributed by atoms with Crippen LogP contribution in [0.5, 0.6) is 0 Å². The second kappa shape index (κ2) is 8.88. The number of hydrogen-bond donors (Lipinski definition) is 2. The van der Waals surface area contributed by atoms with Gasteiger partial charge in [0.2, 0.25) is 0 Å². The van der Waals surface area contributed by atoms with Crippen LogP contribution in [0.4, 0.5) is 11.5 Å². The topological polar surface area (TPSA) is 97.6 Å². The van der Waals surface area contributed by atoms with Crippen LogP contribution in [0.15, 0.2) is 85.6 Å². The Balaban J connectivity index is 1.40. The largest absolute Gasteiger partial charge is 0.348 e. The van der Waals surface area contributed by atoms with Crippen LogP contribution in [0.3, 0.4) is 0 Å². The van der Waals surface area contributed by atoms with Gasteiger partial charge in [-0.2, -0.15) is 5.10 Å². The highest BCUT2D eigenvalue weighted by Crippen LogP contribution is 2.27. The van der Waals surface area contributed by atoms with E-state index in [1.54, 1.807) is 23.3 Å². The average Bonchev–Trinajstić information content (AvgIpc) is 3.30. The quantitative estimate of drug-likeness (QED) is 0.415. The van der Waals surface area contributed by atoms with Gasteiger partial charge >= 0.3 is 0 Å². The molecule has 0 unspecified atom stereocenters. The van der Waals surface area contributed by atoms with Crippen LogP contribution < -0.4 is 10.6 Å². The zero-order valence-corrected chi connectivity index (χ0v) is 17.9. The normalized spacial score (nSPS) is 10.8. The van der Waals surface area contributed by atoms with Gasteiger partial charge in [-0.1, -0.05) is 24.3 Å². The van der Waals surface area contributed by atoms with E-state index in [0.29, 0.717) is 23.6 Å². The third-order valence-electron chi connectivity index (χ3n) is 5.32. The summed E-state index contributed by atoms with van der Waals surface area (Å²) >= 11 is 0. The lowest BCUT2D eigenvalue weighted by Gasteiger charge is -2.12. The van der Waals surface area contributed by atoms with Crippen molar-refractivity contribution < 1.29 is 4.79 Å². The average molecular weight is 435 g/mol. The molecule has 0 radical (unpaired) electrons. The molecule has 0 aliphatic carbocycles. The molecule has 8 nitrogen and oxygen atoms in total. The van der Waals surface area contributed by atoms with Gasteiger partial charge in [-0.05, 0) is 54.4 Å². The number of nitrogens with zero attached hydrogens (tertiary/aromatic N) is 5. The molecular weight excluding hydrogens is 414 g/mol. The highest BCUT2D eigenvalue weighted by molar-refractivity contribution is 5.96. The fraction of sp³-hybridized carbons (Fsp3) is 0.0800. The van der Waals surface area contributed by atoms with Crippen LogP contribution in [0.2, 0.25) is 0 Å². The van der Waals surface area contributed by atoms with Crippen molar-refractivity contribution >= 4 is 28.4 Å². The van der Waals surface area contributed by atoms with Gasteiger partial charge in [0.15, 0.2) is 5.65 Å². The Hall–Kier alpha value is -4.59. The van der Waals surface area contributed by atoms with E-state index in [4.69, 9.17) is 0 Å². The molecule has 0 saturated heterocycles. The first kappa shape index (κ1) is 20.3. The number of fused-ring (bicyclic) bond motifs is 1. The van der Waals surface area contributed by atoms with Crippen LogP contribution in [-0.4, -0.2) is 30.6 Å². The van der Waals surface area contributed by atoms with E-state index in [9.17, 15) is 4.79 Å². The minimum absolute atomic E-state index is 0.153. The molecule has 0 aliphatic rings. The van der Waals surface area contributed by atoms with Crippen LogP contribution in [-0.2, 0) is 6.54 Å². The Morgan fingerprint density at radius 1 is 1.00 bits per heavy atom. The first-order valence-corrected chi connectivity index (χ1v) is 10.5. The molecule has 0 atom stereocenters. The molecule has 1 amide bonds. The second-order valence-corrected chi connectivity index (χ2v) is 7.54. The molecule has 5 aromatic rings. The molecule has 3 heterocycles. The summed E-state index contributed by atoms with van der Waals surface area (Å²) in [5.74, 6) is 0.471.